The first-order valence-corrected chi connectivity index (χ1v) is 9.95. The normalized spacial score (nSPS) is 15.6. The minimum absolute atomic E-state index is 0.0110. The highest BCUT2D eigenvalue weighted by atomic mass is 16.5. The van der Waals surface area contributed by atoms with Gasteiger partial charge in [0.05, 0.1) is 5.41 Å². The van der Waals surface area contributed by atoms with E-state index in [4.69, 9.17) is 9.47 Å². The van der Waals surface area contributed by atoms with Crippen molar-refractivity contribution in [1.82, 2.24) is 0 Å². The number of fused-ring (bicyclic) bond motifs is 1. The Labute approximate surface area is 171 Å². The first-order chi connectivity index (χ1) is 14.2. The number of benzene rings is 3. The van der Waals surface area contributed by atoms with Crippen LogP contribution in [0.1, 0.15) is 18.4 Å². The van der Waals surface area contributed by atoms with Crippen LogP contribution in [0.25, 0.3) is 10.8 Å². The summed E-state index contributed by atoms with van der Waals surface area (Å²) >= 11 is 0. The van der Waals surface area contributed by atoms with E-state index in [1.165, 1.54) is 0 Å². The third-order valence-corrected chi connectivity index (χ3v) is 5.60. The Bertz CT molecular complexity index is 1010. The van der Waals surface area contributed by atoms with Gasteiger partial charge in [-0.1, -0.05) is 67.3 Å². The third kappa shape index (κ3) is 3.76. The van der Waals surface area contributed by atoms with Crippen molar-refractivity contribution in [3.05, 3.63) is 84.9 Å². The van der Waals surface area contributed by atoms with Crippen LogP contribution in [0.4, 0.5) is 5.69 Å². The molecule has 0 unspecified atom stereocenters. The molecule has 0 aromatic heterocycles. The van der Waals surface area contributed by atoms with E-state index in [9.17, 15) is 4.79 Å². The molecule has 1 fully saturated rings. The molecule has 1 saturated heterocycles. The number of nitrogens with one attached hydrogen (secondary N) is 1. The van der Waals surface area contributed by atoms with Gasteiger partial charge < -0.3 is 14.8 Å². The van der Waals surface area contributed by atoms with Crippen LogP contribution in [0.15, 0.2) is 79.4 Å². The summed E-state index contributed by atoms with van der Waals surface area (Å²) in [5.41, 5.74) is 1.24. The number of anilines is 1. The Morgan fingerprint density at radius 3 is 2.41 bits per heavy atom. The Balaban J connectivity index is 1.70. The van der Waals surface area contributed by atoms with Crippen molar-refractivity contribution < 1.29 is 14.3 Å². The highest BCUT2D eigenvalue weighted by Crippen LogP contribution is 2.38. The van der Waals surface area contributed by atoms with E-state index < -0.39 is 5.41 Å². The molecule has 0 bridgehead atoms. The summed E-state index contributed by atoms with van der Waals surface area (Å²) in [6.07, 6.45) is 3.06. The Kier molecular flexibility index (Phi) is 5.63. The number of ether oxygens (including phenoxy) is 2. The van der Waals surface area contributed by atoms with Gasteiger partial charge in [-0.15, -0.1) is 0 Å². The van der Waals surface area contributed by atoms with Gasteiger partial charge in [-0.05, 0) is 30.5 Å². The van der Waals surface area contributed by atoms with Crippen molar-refractivity contribution >= 4 is 22.4 Å². The zero-order chi connectivity index (χ0) is 20.1. The van der Waals surface area contributed by atoms with E-state index in [-0.39, 0.29) is 5.91 Å². The van der Waals surface area contributed by atoms with Crippen LogP contribution in [0.5, 0.6) is 5.75 Å². The van der Waals surface area contributed by atoms with Crippen molar-refractivity contribution in [2.24, 2.45) is 0 Å². The summed E-state index contributed by atoms with van der Waals surface area (Å²) in [4.78, 5) is 13.6. The van der Waals surface area contributed by atoms with E-state index in [0.717, 1.165) is 27.8 Å². The second-order valence-electron chi connectivity index (χ2n) is 7.27. The lowest BCUT2D eigenvalue weighted by molar-refractivity contribution is -0.125. The quantitative estimate of drug-likeness (QED) is 0.599. The van der Waals surface area contributed by atoms with Gasteiger partial charge in [0.15, 0.2) is 0 Å². The van der Waals surface area contributed by atoms with E-state index >= 15 is 0 Å². The predicted molar refractivity (Wildman–Crippen MR) is 116 cm³/mol. The lowest BCUT2D eigenvalue weighted by Crippen LogP contribution is -2.44. The average molecular weight is 387 g/mol. The fraction of sp³-hybridized carbons (Fsp3) is 0.240. The van der Waals surface area contributed by atoms with Crippen LogP contribution >= 0.6 is 0 Å². The predicted octanol–water partition coefficient (Wildman–Crippen LogP) is 5.09. The van der Waals surface area contributed by atoms with Gasteiger partial charge in [0.1, 0.15) is 12.4 Å². The maximum absolute atomic E-state index is 13.6. The van der Waals surface area contributed by atoms with Crippen molar-refractivity contribution in [3.8, 4) is 5.75 Å². The van der Waals surface area contributed by atoms with Gasteiger partial charge in [-0.2, -0.15) is 0 Å². The number of carbonyl (C=O) groups excluding carboxylic acids is 1. The van der Waals surface area contributed by atoms with Crippen molar-refractivity contribution in [2.45, 2.75) is 18.3 Å². The van der Waals surface area contributed by atoms with E-state index in [1.807, 2.05) is 66.7 Å². The zero-order valence-electron chi connectivity index (χ0n) is 16.4. The standard InChI is InChI=1S/C25H25NO3/c1-2-16-29-23-13-12-22(20-10-6-7-11-21(20)23)26-24(27)25(14-17-28-18-15-25)19-8-4-3-5-9-19/h2-13H,1,14-18H2,(H,26,27). The van der Waals surface area contributed by atoms with Gasteiger partial charge in [0.25, 0.3) is 0 Å². The fourth-order valence-electron chi connectivity index (χ4n) is 4.02. The molecule has 0 radical (unpaired) electrons. The van der Waals surface area contributed by atoms with Gasteiger partial charge in [0, 0.05) is 29.7 Å². The number of hydrogen-bond acceptors (Lipinski definition) is 3. The van der Waals surface area contributed by atoms with Crippen LogP contribution in [-0.2, 0) is 14.9 Å². The minimum Gasteiger partial charge on any atom is -0.489 e. The SMILES string of the molecule is C=CCOc1ccc(NC(=O)C2(c3ccccc3)CCOCC2)c2ccccc12. The lowest BCUT2D eigenvalue weighted by Gasteiger charge is -2.36. The fourth-order valence-corrected chi connectivity index (χ4v) is 4.02. The second kappa shape index (κ2) is 8.50. The molecule has 3 aromatic rings. The third-order valence-electron chi connectivity index (χ3n) is 5.60. The molecule has 4 rings (SSSR count). The molecule has 3 aromatic carbocycles. The number of hydrogen-bond donors (Lipinski definition) is 1. The molecule has 1 heterocycles. The molecule has 148 valence electrons. The molecule has 1 amide bonds. The molecule has 0 saturated carbocycles. The van der Waals surface area contributed by atoms with Crippen LogP contribution in [0.3, 0.4) is 0 Å². The molecule has 1 aliphatic heterocycles. The monoisotopic (exact) mass is 387 g/mol. The average Bonchev–Trinajstić information content (AvgIpc) is 2.79. The van der Waals surface area contributed by atoms with Crippen LogP contribution in [0.2, 0.25) is 0 Å². The smallest absolute Gasteiger partial charge is 0.235 e. The Morgan fingerprint density at radius 1 is 1.00 bits per heavy atom. The molecule has 0 aliphatic carbocycles. The molecule has 0 spiro atoms. The maximum Gasteiger partial charge on any atom is 0.235 e. The molecule has 1 N–H and O–H groups in total. The first kappa shape index (κ1) is 19.2. The highest BCUT2D eigenvalue weighted by molar-refractivity contribution is 6.07. The van der Waals surface area contributed by atoms with Crippen molar-refractivity contribution in [1.29, 1.82) is 0 Å². The van der Waals surface area contributed by atoms with Gasteiger partial charge >= 0.3 is 0 Å². The minimum atomic E-state index is -0.585. The van der Waals surface area contributed by atoms with Crippen LogP contribution in [-0.4, -0.2) is 25.7 Å². The van der Waals surface area contributed by atoms with Gasteiger partial charge in [-0.25, -0.2) is 0 Å². The van der Waals surface area contributed by atoms with Crippen LogP contribution in [0, 0.1) is 0 Å². The largest absolute Gasteiger partial charge is 0.489 e. The summed E-state index contributed by atoms with van der Waals surface area (Å²) in [7, 11) is 0. The maximum atomic E-state index is 13.6. The van der Waals surface area contributed by atoms with E-state index in [1.54, 1.807) is 6.08 Å². The lowest BCUT2D eigenvalue weighted by atomic mass is 9.73. The van der Waals surface area contributed by atoms with Crippen molar-refractivity contribution in [3.63, 3.8) is 0 Å². The first-order valence-electron chi connectivity index (χ1n) is 9.95. The molecule has 29 heavy (non-hydrogen) atoms. The highest BCUT2D eigenvalue weighted by Gasteiger charge is 2.41. The molecular weight excluding hydrogens is 362 g/mol. The summed E-state index contributed by atoms with van der Waals surface area (Å²) < 4.78 is 11.4. The van der Waals surface area contributed by atoms with Crippen LogP contribution < -0.4 is 10.1 Å². The molecular formula is C25H25NO3. The summed E-state index contributed by atoms with van der Waals surface area (Å²) in [5, 5.41) is 5.13. The zero-order valence-corrected chi connectivity index (χ0v) is 16.4. The number of rotatable bonds is 6. The van der Waals surface area contributed by atoms with E-state index in [0.29, 0.717) is 32.7 Å². The molecule has 4 nitrogen and oxygen atoms in total. The summed E-state index contributed by atoms with van der Waals surface area (Å²) in [6.45, 7) is 5.31. The molecule has 1 aliphatic rings. The summed E-state index contributed by atoms with van der Waals surface area (Å²) in [6, 6.07) is 21.8. The number of carbonyl (C=O) groups is 1. The van der Waals surface area contributed by atoms with Gasteiger partial charge in [-0.3, -0.25) is 4.79 Å². The van der Waals surface area contributed by atoms with Crippen molar-refractivity contribution in [2.75, 3.05) is 25.1 Å². The number of amides is 1. The summed E-state index contributed by atoms with van der Waals surface area (Å²) in [5.74, 6) is 0.791. The molecule has 4 heteroatoms. The van der Waals surface area contributed by atoms with E-state index in [2.05, 4.69) is 11.9 Å². The van der Waals surface area contributed by atoms with Gasteiger partial charge in [0.2, 0.25) is 5.91 Å². The second-order valence-corrected chi connectivity index (χ2v) is 7.27. The Morgan fingerprint density at radius 2 is 1.69 bits per heavy atom. The topological polar surface area (TPSA) is 47.6 Å². The Hall–Kier alpha value is -3.11. The molecule has 0 atom stereocenters.